The molecule has 0 atom stereocenters. The Balaban J connectivity index is 2.66. The van der Waals surface area contributed by atoms with Crippen molar-refractivity contribution in [1.29, 1.82) is 0 Å². The highest BCUT2D eigenvalue weighted by atomic mass is 16.5. The van der Waals surface area contributed by atoms with E-state index in [1.54, 1.807) is 0 Å². The van der Waals surface area contributed by atoms with Crippen molar-refractivity contribution in [3.63, 3.8) is 0 Å². The minimum Gasteiger partial charge on any atom is -0.501 e. The van der Waals surface area contributed by atoms with Crippen LogP contribution in [0.4, 0.5) is 0 Å². The maximum Gasteiger partial charge on any atom is 0.337 e. The van der Waals surface area contributed by atoms with Gasteiger partial charge in [0, 0.05) is 5.41 Å². The first-order chi connectivity index (χ1) is 6.05. The van der Waals surface area contributed by atoms with Gasteiger partial charge in [0.1, 0.15) is 0 Å². The summed E-state index contributed by atoms with van der Waals surface area (Å²) in [6, 6.07) is 0. The molecule has 0 aromatic carbocycles. The van der Waals surface area contributed by atoms with Gasteiger partial charge < -0.3 is 9.47 Å². The molecule has 1 aliphatic rings. The molecule has 3 nitrogen and oxygen atoms in total. The molecule has 1 fully saturated rings. The highest BCUT2D eigenvalue weighted by Crippen LogP contribution is 2.30. The van der Waals surface area contributed by atoms with Gasteiger partial charge in [0.25, 0.3) is 0 Å². The maximum absolute atomic E-state index is 11.2. The van der Waals surface area contributed by atoms with Gasteiger partial charge >= 0.3 is 5.97 Å². The van der Waals surface area contributed by atoms with Gasteiger partial charge in [-0.05, 0) is 13.3 Å². The Bertz CT molecular complexity index is 228. The first kappa shape index (κ1) is 10.1. The zero-order valence-corrected chi connectivity index (χ0v) is 8.42. The summed E-state index contributed by atoms with van der Waals surface area (Å²) in [7, 11) is 0. The Morgan fingerprint density at radius 1 is 1.62 bits per heavy atom. The first-order valence-corrected chi connectivity index (χ1v) is 4.53. The van der Waals surface area contributed by atoms with E-state index >= 15 is 0 Å². The van der Waals surface area contributed by atoms with Gasteiger partial charge in [-0.2, -0.15) is 0 Å². The molecule has 1 aliphatic heterocycles. The van der Waals surface area contributed by atoms with Crippen molar-refractivity contribution < 1.29 is 14.3 Å². The average molecular weight is 184 g/mol. The predicted molar refractivity (Wildman–Crippen MR) is 49.1 cm³/mol. The number of esters is 1. The van der Waals surface area contributed by atoms with Crippen molar-refractivity contribution >= 4 is 5.97 Å². The molecular weight excluding hydrogens is 168 g/mol. The molecule has 1 rings (SSSR count). The van der Waals surface area contributed by atoms with Crippen LogP contribution in [0.25, 0.3) is 0 Å². The van der Waals surface area contributed by atoms with Crippen molar-refractivity contribution in [1.82, 2.24) is 0 Å². The molecule has 0 saturated carbocycles. The van der Waals surface area contributed by atoms with Crippen LogP contribution in [-0.2, 0) is 14.3 Å². The molecule has 0 spiro atoms. The Morgan fingerprint density at radius 2 is 2.31 bits per heavy atom. The number of rotatable bonds is 2. The van der Waals surface area contributed by atoms with Crippen molar-refractivity contribution in [2.45, 2.75) is 27.2 Å². The van der Waals surface area contributed by atoms with Crippen LogP contribution in [0.1, 0.15) is 27.2 Å². The number of carbonyl (C=O) groups excluding carboxylic acids is 1. The van der Waals surface area contributed by atoms with Crippen LogP contribution < -0.4 is 0 Å². The van der Waals surface area contributed by atoms with E-state index in [9.17, 15) is 4.79 Å². The third-order valence-electron chi connectivity index (χ3n) is 1.92. The molecule has 0 unspecified atom stereocenters. The summed E-state index contributed by atoms with van der Waals surface area (Å²) >= 11 is 0. The quantitative estimate of drug-likeness (QED) is 0.373. The van der Waals surface area contributed by atoms with E-state index in [2.05, 4.69) is 13.8 Å². The minimum atomic E-state index is -0.243. The largest absolute Gasteiger partial charge is 0.501 e. The summed E-state index contributed by atoms with van der Waals surface area (Å²) in [5.41, 5.74) is 0.676. The molecular formula is C10H16O3. The second-order valence-corrected chi connectivity index (χ2v) is 4.02. The van der Waals surface area contributed by atoms with E-state index in [0.717, 1.165) is 6.42 Å². The minimum absolute atomic E-state index is 0.0385. The lowest BCUT2D eigenvalue weighted by molar-refractivity contribution is -0.146. The lowest BCUT2D eigenvalue weighted by Crippen LogP contribution is -2.30. The fourth-order valence-electron chi connectivity index (χ4n) is 1.27. The van der Waals surface area contributed by atoms with Crippen molar-refractivity contribution in [2.75, 3.05) is 13.2 Å². The van der Waals surface area contributed by atoms with E-state index in [1.165, 1.54) is 6.26 Å². The van der Waals surface area contributed by atoms with Crippen LogP contribution >= 0.6 is 0 Å². The molecule has 1 saturated heterocycles. The van der Waals surface area contributed by atoms with Gasteiger partial charge in [0.15, 0.2) is 0 Å². The Hall–Kier alpha value is -0.990. The predicted octanol–water partition coefficient (Wildman–Crippen LogP) is 1.88. The fraction of sp³-hybridized carbons (Fsp3) is 0.700. The molecule has 3 heteroatoms. The Morgan fingerprint density at radius 3 is 2.92 bits per heavy atom. The van der Waals surface area contributed by atoms with E-state index in [-0.39, 0.29) is 11.4 Å². The van der Waals surface area contributed by atoms with Gasteiger partial charge in [-0.1, -0.05) is 13.8 Å². The third-order valence-corrected chi connectivity index (χ3v) is 1.92. The topological polar surface area (TPSA) is 35.5 Å². The molecule has 0 N–H and O–H groups in total. The zero-order chi connectivity index (χ0) is 9.90. The lowest BCUT2D eigenvalue weighted by atomic mass is 9.85. The standard InChI is InChI=1S/C10H16O3/c1-4-12-6-8-5-10(2,3)7-13-9(8)11/h6H,4-5,7H2,1-3H3. The van der Waals surface area contributed by atoms with Crippen molar-refractivity contribution in [3.05, 3.63) is 11.8 Å². The molecule has 1 heterocycles. The molecule has 0 amide bonds. The van der Waals surface area contributed by atoms with Crippen LogP contribution in [0.2, 0.25) is 0 Å². The van der Waals surface area contributed by atoms with Crippen LogP contribution in [0, 0.1) is 5.41 Å². The van der Waals surface area contributed by atoms with Crippen molar-refractivity contribution in [3.8, 4) is 0 Å². The van der Waals surface area contributed by atoms with Gasteiger partial charge in [0.05, 0.1) is 25.0 Å². The van der Waals surface area contributed by atoms with E-state index in [0.29, 0.717) is 18.8 Å². The summed E-state index contributed by atoms with van der Waals surface area (Å²) in [4.78, 5) is 11.2. The summed E-state index contributed by atoms with van der Waals surface area (Å²) in [5.74, 6) is -0.243. The number of hydrogen-bond donors (Lipinski definition) is 0. The van der Waals surface area contributed by atoms with Gasteiger partial charge in [0.2, 0.25) is 0 Å². The second-order valence-electron chi connectivity index (χ2n) is 4.02. The van der Waals surface area contributed by atoms with E-state index < -0.39 is 0 Å². The average Bonchev–Trinajstić information content (AvgIpc) is 2.07. The zero-order valence-electron chi connectivity index (χ0n) is 8.42. The van der Waals surface area contributed by atoms with Gasteiger partial charge in [-0.25, -0.2) is 4.79 Å². The highest BCUT2D eigenvalue weighted by Gasteiger charge is 2.31. The van der Waals surface area contributed by atoms with Crippen LogP contribution in [-0.4, -0.2) is 19.2 Å². The number of cyclic esters (lactones) is 1. The van der Waals surface area contributed by atoms with Crippen LogP contribution in [0.3, 0.4) is 0 Å². The molecule has 0 bridgehead atoms. The summed E-state index contributed by atoms with van der Waals surface area (Å²) < 4.78 is 10.1. The molecule has 74 valence electrons. The molecule has 0 aromatic rings. The van der Waals surface area contributed by atoms with Crippen molar-refractivity contribution in [2.24, 2.45) is 5.41 Å². The number of carbonyl (C=O) groups is 1. The van der Waals surface area contributed by atoms with E-state index in [1.807, 2.05) is 6.92 Å². The number of hydrogen-bond acceptors (Lipinski definition) is 3. The number of ether oxygens (including phenoxy) is 2. The highest BCUT2D eigenvalue weighted by molar-refractivity contribution is 5.89. The first-order valence-electron chi connectivity index (χ1n) is 4.53. The van der Waals surface area contributed by atoms with Gasteiger partial charge in [-0.15, -0.1) is 0 Å². The smallest absolute Gasteiger partial charge is 0.337 e. The summed E-state index contributed by atoms with van der Waals surface area (Å²) in [6.45, 7) is 7.10. The molecule has 13 heavy (non-hydrogen) atoms. The second kappa shape index (κ2) is 3.81. The monoisotopic (exact) mass is 184 g/mol. The third kappa shape index (κ3) is 2.76. The maximum atomic E-state index is 11.2. The lowest BCUT2D eigenvalue weighted by Gasteiger charge is -2.29. The SMILES string of the molecule is CCOC=C1CC(C)(C)COC1=O. The van der Waals surface area contributed by atoms with E-state index in [4.69, 9.17) is 9.47 Å². The Kier molecular flexibility index (Phi) is 2.96. The fourth-order valence-corrected chi connectivity index (χ4v) is 1.27. The molecule has 0 aromatic heterocycles. The summed E-state index contributed by atoms with van der Waals surface area (Å²) in [5, 5.41) is 0. The summed E-state index contributed by atoms with van der Waals surface area (Å²) in [6.07, 6.45) is 2.25. The van der Waals surface area contributed by atoms with Gasteiger partial charge in [-0.3, -0.25) is 0 Å². The Labute approximate surface area is 78.7 Å². The normalized spacial score (nSPS) is 24.2. The van der Waals surface area contributed by atoms with Crippen LogP contribution in [0.5, 0.6) is 0 Å². The molecule has 0 aliphatic carbocycles. The van der Waals surface area contributed by atoms with Crippen LogP contribution in [0.15, 0.2) is 11.8 Å². The molecule has 0 radical (unpaired) electrons.